The van der Waals surface area contributed by atoms with Gasteiger partial charge in [-0.2, -0.15) is 0 Å². The van der Waals surface area contributed by atoms with Gasteiger partial charge in [0.2, 0.25) is 10.0 Å². The average Bonchev–Trinajstić information content (AvgIpc) is 3.75. The van der Waals surface area contributed by atoms with E-state index in [4.69, 9.17) is 9.72 Å². The number of rotatable bonds is 7. The molecule has 8 heteroatoms. The lowest BCUT2D eigenvalue weighted by atomic mass is 9.98. The lowest BCUT2D eigenvalue weighted by Crippen LogP contribution is -2.33. The number of nitrogens with zero attached hydrogens (tertiary/aromatic N) is 1. The number of aromatic nitrogens is 1. The first-order valence-corrected chi connectivity index (χ1v) is 15.6. The van der Waals surface area contributed by atoms with Crippen molar-refractivity contribution in [1.82, 2.24) is 9.71 Å². The van der Waals surface area contributed by atoms with Gasteiger partial charge in [-0.3, -0.25) is 4.79 Å². The fraction of sp³-hybridized carbons (Fsp3) is 0.290. The normalized spacial score (nSPS) is 15.7. The van der Waals surface area contributed by atoms with Crippen molar-refractivity contribution < 1.29 is 17.9 Å². The SMILES string of the molecule is Cc1c(-c2cc(C(=O)NS(=O)(=O)C3CC3)c3c(OC(C)c4ccccc4)ccc(C)c3n2)sc2c1CCC=C2. The Kier molecular flexibility index (Phi) is 6.55. The van der Waals surface area contributed by atoms with Crippen LogP contribution in [0.15, 0.2) is 54.6 Å². The Bertz CT molecular complexity index is 1740. The topological polar surface area (TPSA) is 85.4 Å². The van der Waals surface area contributed by atoms with Crippen molar-refractivity contribution in [3.63, 3.8) is 0 Å². The molecule has 2 aliphatic rings. The number of sulfonamides is 1. The summed E-state index contributed by atoms with van der Waals surface area (Å²) in [5.41, 5.74) is 5.88. The van der Waals surface area contributed by atoms with E-state index in [0.29, 0.717) is 35.2 Å². The van der Waals surface area contributed by atoms with E-state index in [1.165, 1.54) is 10.4 Å². The molecule has 1 atom stereocenters. The number of carbonyl (C=O) groups is 1. The van der Waals surface area contributed by atoms with E-state index in [0.717, 1.165) is 34.4 Å². The maximum Gasteiger partial charge on any atom is 0.265 e. The van der Waals surface area contributed by atoms with E-state index in [2.05, 4.69) is 23.8 Å². The molecule has 6 nitrogen and oxygen atoms in total. The molecule has 6 rings (SSSR count). The minimum atomic E-state index is -3.75. The largest absolute Gasteiger partial charge is 0.485 e. The van der Waals surface area contributed by atoms with Gasteiger partial charge >= 0.3 is 0 Å². The van der Waals surface area contributed by atoms with Crippen molar-refractivity contribution in [2.75, 3.05) is 0 Å². The summed E-state index contributed by atoms with van der Waals surface area (Å²) >= 11 is 1.66. The van der Waals surface area contributed by atoms with E-state index in [1.807, 2.05) is 56.3 Å². The van der Waals surface area contributed by atoms with Crippen LogP contribution in [0, 0.1) is 13.8 Å². The summed E-state index contributed by atoms with van der Waals surface area (Å²) in [4.78, 5) is 21.0. The van der Waals surface area contributed by atoms with E-state index >= 15 is 0 Å². The highest BCUT2D eigenvalue weighted by molar-refractivity contribution is 7.91. The molecule has 0 bridgehead atoms. The van der Waals surface area contributed by atoms with Gasteiger partial charge in [-0.1, -0.05) is 42.5 Å². The van der Waals surface area contributed by atoms with Crippen molar-refractivity contribution in [3.8, 4) is 16.3 Å². The zero-order valence-electron chi connectivity index (χ0n) is 22.2. The lowest BCUT2D eigenvalue weighted by Gasteiger charge is -2.19. The molecule has 0 spiro atoms. The Morgan fingerprint density at radius 3 is 2.62 bits per heavy atom. The maximum absolute atomic E-state index is 13.7. The number of fused-ring (bicyclic) bond motifs is 2. The summed E-state index contributed by atoms with van der Waals surface area (Å²) in [5, 5.41) is 0.00605. The number of nitrogens with one attached hydrogen (secondary N) is 1. The summed E-state index contributed by atoms with van der Waals surface area (Å²) in [5.74, 6) is -0.165. The van der Waals surface area contributed by atoms with Gasteiger partial charge in [0.25, 0.3) is 5.91 Å². The van der Waals surface area contributed by atoms with Crippen LogP contribution in [0.1, 0.15) is 69.8 Å². The van der Waals surface area contributed by atoms with Gasteiger partial charge in [-0.25, -0.2) is 18.1 Å². The first-order valence-electron chi connectivity index (χ1n) is 13.2. The average molecular weight is 559 g/mol. The second-order valence-electron chi connectivity index (χ2n) is 10.3. The monoisotopic (exact) mass is 558 g/mol. The number of allylic oxidation sites excluding steroid dienone is 1. The van der Waals surface area contributed by atoms with E-state index < -0.39 is 21.2 Å². The lowest BCUT2D eigenvalue weighted by molar-refractivity contribution is 0.0982. The smallest absolute Gasteiger partial charge is 0.265 e. The van der Waals surface area contributed by atoms with Gasteiger partial charge in [-0.15, -0.1) is 11.3 Å². The molecular weight excluding hydrogens is 528 g/mol. The molecule has 0 aliphatic heterocycles. The molecule has 1 saturated carbocycles. The molecule has 200 valence electrons. The summed E-state index contributed by atoms with van der Waals surface area (Å²) in [6.07, 6.45) is 7.16. The maximum atomic E-state index is 13.7. The highest BCUT2D eigenvalue weighted by Crippen LogP contribution is 2.42. The number of thiophene rings is 1. The van der Waals surface area contributed by atoms with Gasteiger partial charge in [0, 0.05) is 4.88 Å². The molecule has 1 amide bonds. The van der Waals surface area contributed by atoms with E-state index in [9.17, 15) is 13.2 Å². The van der Waals surface area contributed by atoms with Crippen molar-refractivity contribution in [2.45, 2.75) is 57.8 Å². The molecule has 0 saturated heterocycles. The fourth-order valence-corrected chi connectivity index (χ4v) is 7.68. The molecule has 2 aromatic carbocycles. The Morgan fingerprint density at radius 2 is 1.90 bits per heavy atom. The third-order valence-corrected chi connectivity index (χ3v) is 10.6. The van der Waals surface area contributed by atoms with Crippen molar-refractivity contribution >= 4 is 44.2 Å². The molecule has 4 aromatic rings. The van der Waals surface area contributed by atoms with Crippen LogP contribution in [-0.4, -0.2) is 24.6 Å². The van der Waals surface area contributed by atoms with Crippen molar-refractivity contribution in [2.24, 2.45) is 0 Å². The van der Waals surface area contributed by atoms with Gasteiger partial charge in [0.15, 0.2) is 0 Å². The first-order chi connectivity index (χ1) is 18.7. The molecule has 1 fully saturated rings. The summed E-state index contributed by atoms with van der Waals surface area (Å²) in [6, 6.07) is 15.3. The number of amides is 1. The van der Waals surface area contributed by atoms with Gasteiger partial charge in [-0.05, 0) is 86.9 Å². The minimum absolute atomic E-state index is 0.250. The third kappa shape index (κ3) is 4.87. The highest BCUT2D eigenvalue weighted by atomic mass is 32.2. The molecule has 1 N–H and O–H groups in total. The first kappa shape index (κ1) is 25.8. The zero-order valence-corrected chi connectivity index (χ0v) is 23.8. The number of carbonyl (C=O) groups excluding carboxylic acids is 1. The van der Waals surface area contributed by atoms with Crippen molar-refractivity contribution in [3.05, 3.63) is 87.3 Å². The van der Waals surface area contributed by atoms with Crippen molar-refractivity contribution in [1.29, 1.82) is 0 Å². The second kappa shape index (κ2) is 9.92. The van der Waals surface area contributed by atoms with Gasteiger partial charge < -0.3 is 4.74 Å². The van der Waals surface area contributed by atoms with Crippen LogP contribution < -0.4 is 9.46 Å². The summed E-state index contributed by atoms with van der Waals surface area (Å²) < 4.78 is 34.3. The van der Waals surface area contributed by atoms with Crippen LogP contribution in [0.2, 0.25) is 0 Å². The quantitative estimate of drug-likeness (QED) is 0.267. The van der Waals surface area contributed by atoms with Gasteiger partial charge in [0.1, 0.15) is 11.9 Å². The number of hydrogen-bond donors (Lipinski definition) is 1. The fourth-order valence-electron chi connectivity index (χ4n) is 5.14. The number of aryl methyl sites for hydroxylation is 1. The standard InChI is InChI=1S/C31H30N2O4S2/c1-18-13-16-26(37-20(3)21-9-5-4-6-10-21)28-24(31(34)33-39(35,36)22-14-15-22)17-25(32-29(18)28)30-19(2)23-11-7-8-12-27(23)38-30/h4-6,8-10,12-13,16-17,20,22H,7,11,14-15H2,1-3H3,(H,33,34). The van der Waals surface area contributed by atoms with Crippen LogP contribution >= 0.6 is 11.3 Å². The van der Waals surface area contributed by atoms with Crippen LogP contribution in [0.5, 0.6) is 5.75 Å². The second-order valence-corrected chi connectivity index (χ2v) is 13.4. The van der Waals surface area contributed by atoms with Crippen LogP contribution in [0.4, 0.5) is 0 Å². The Hall–Kier alpha value is -3.49. The molecule has 2 heterocycles. The number of hydrogen-bond acceptors (Lipinski definition) is 6. The molecule has 0 radical (unpaired) electrons. The summed E-state index contributed by atoms with van der Waals surface area (Å²) in [7, 11) is -3.75. The molecule has 2 aliphatic carbocycles. The number of pyridine rings is 1. The predicted molar refractivity (Wildman–Crippen MR) is 157 cm³/mol. The molecule has 39 heavy (non-hydrogen) atoms. The predicted octanol–water partition coefficient (Wildman–Crippen LogP) is 6.90. The van der Waals surface area contributed by atoms with Crippen LogP contribution in [0.3, 0.4) is 0 Å². The molecular formula is C31H30N2O4S2. The van der Waals surface area contributed by atoms with E-state index in [1.54, 1.807) is 17.4 Å². The Labute approximate surface area is 232 Å². The van der Waals surface area contributed by atoms with Crippen LogP contribution in [0.25, 0.3) is 27.6 Å². The summed E-state index contributed by atoms with van der Waals surface area (Å²) in [6.45, 7) is 6.00. The highest BCUT2D eigenvalue weighted by Gasteiger charge is 2.37. The zero-order chi connectivity index (χ0) is 27.3. The molecule has 1 unspecified atom stereocenters. The molecule has 2 aromatic heterocycles. The minimum Gasteiger partial charge on any atom is -0.485 e. The number of ether oxygens (including phenoxy) is 1. The third-order valence-electron chi connectivity index (χ3n) is 7.51. The number of benzene rings is 2. The van der Waals surface area contributed by atoms with Gasteiger partial charge in [0.05, 0.1) is 32.3 Å². The Balaban J connectivity index is 1.53. The van der Waals surface area contributed by atoms with Crippen LogP contribution in [-0.2, 0) is 16.4 Å². The Morgan fingerprint density at radius 1 is 1.13 bits per heavy atom. The van der Waals surface area contributed by atoms with E-state index in [-0.39, 0.29) is 11.7 Å².